The van der Waals surface area contributed by atoms with Crippen LogP contribution in [-0.2, 0) is 6.54 Å². The summed E-state index contributed by atoms with van der Waals surface area (Å²) in [4.78, 5) is 4.51. The van der Waals surface area contributed by atoms with Crippen LogP contribution >= 0.6 is 11.3 Å². The van der Waals surface area contributed by atoms with Crippen molar-refractivity contribution in [3.8, 4) is 17.0 Å². The molecular formula is C12H15N2OS+. The first-order valence-corrected chi connectivity index (χ1v) is 6.01. The third kappa shape index (κ3) is 2.08. The number of hydrogen-bond donors (Lipinski definition) is 1. The maximum Gasteiger partial charge on any atom is 0.148 e. The first kappa shape index (κ1) is 11.1. The molecule has 1 aromatic heterocycles. The fraction of sp³-hybridized carbons (Fsp3) is 0.250. The van der Waals surface area contributed by atoms with Gasteiger partial charge in [0.05, 0.1) is 12.8 Å². The number of hydrogen-bond acceptors (Lipinski definition) is 3. The molecular weight excluding hydrogens is 220 g/mol. The number of aryl methyl sites for hydroxylation is 1. The Morgan fingerprint density at radius 3 is 2.81 bits per heavy atom. The van der Waals surface area contributed by atoms with E-state index in [-0.39, 0.29) is 0 Å². The van der Waals surface area contributed by atoms with Gasteiger partial charge in [-0.05, 0) is 30.7 Å². The summed E-state index contributed by atoms with van der Waals surface area (Å²) in [6, 6.07) is 6.11. The van der Waals surface area contributed by atoms with E-state index in [1.165, 1.54) is 0 Å². The predicted octanol–water partition coefficient (Wildman–Crippen LogP) is 1.87. The second-order valence-electron chi connectivity index (χ2n) is 3.56. The molecule has 1 heterocycles. The molecule has 0 saturated heterocycles. The number of methoxy groups -OCH3 is 1. The summed E-state index contributed by atoms with van der Waals surface area (Å²) in [6.45, 7) is 2.79. The van der Waals surface area contributed by atoms with Crippen molar-refractivity contribution in [3.05, 3.63) is 34.2 Å². The fourth-order valence-corrected chi connectivity index (χ4v) is 2.30. The van der Waals surface area contributed by atoms with Crippen LogP contribution in [0.5, 0.6) is 5.75 Å². The molecule has 0 aliphatic heterocycles. The third-order valence-corrected chi connectivity index (χ3v) is 3.36. The average Bonchev–Trinajstić information content (AvgIpc) is 2.77. The number of nitrogens with zero attached hydrogens (tertiary/aromatic N) is 1. The van der Waals surface area contributed by atoms with Crippen molar-refractivity contribution >= 4 is 11.3 Å². The van der Waals surface area contributed by atoms with E-state index < -0.39 is 0 Å². The van der Waals surface area contributed by atoms with E-state index in [4.69, 9.17) is 4.74 Å². The summed E-state index contributed by atoms with van der Waals surface area (Å²) in [5.41, 5.74) is 7.12. The topological polar surface area (TPSA) is 49.8 Å². The van der Waals surface area contributed by atoms with Gasteiger partial charge >= 0.3 is 0 Å². The summed E-state index contributed by atoms with van der Waals surface area (Å²) in [5, 5.41) is 3.14. The summed E-state index contributed by atoms with van der Waals surface area (Å²) in [6.07, 6.45) is 0. The molecule has 3 nitrogen and oxygen atoms in total. The van der Waals surface area contributed by atoms with Crippen LogP contribution in [0, 0.1) is 6.92 Å². The summed E-state index contributed by atoms with van der Waals surface area (Å²) >= 11 is 1.66. The van der Waals surface area contributed by atoms with E-state index in [2.05, 4.69) is 22.2 Å². The molecule has 2 aromatic rings. The van der Waals surface area contributed by atoms with Gasteiger partial charge in [-0.1, -0.05) is 0 Å². The SMILES string of the molecule is COc1ccc(-c2csc(C[NH3+])n2)cc1C. The Kier molecular flexibility index (Phi) is 3.22. The van der Waals surface area contributed by atoms with Crippen LogP contribution in [0.2, 0.25) is 0 Å². The Labute approximate surface area is 98.9 Å². The molecule has 0 saturated carbocycles. The highest BCUT2D eigenvalue weighted by Gasteiger charge is 2.06. The smallest absolute Gasteiger partial charge is 0.148 e. The lowest BCUT2D eigenvalue weighted by Crippen LogP contribution is -2.47. The lowest BCUT2D eigenvalue weighted by Gasteiger charge is -2.05. The molecule has 0 aliphatic carbocycles. The van der Waals surface area contributed by atoms with Crippen molar-refractivity contribution < 1.29 is 10.5 Å². The number of rotatable bonds is 3. The van der Waals surface area contributed by atoms with E-state index in [9.17, 15) is 0 Å². The lowest BCUT2D eigenvalue weighted by atomic mass is 10.1. The lowest BCUT2D eigenvalue weighted by molar-refractivity contribution is -0.386. The van der Waals surface area contributed by atoms with Gasteiger partial charge in [0.25, 0.3) is 0 Å². The number of ether oxygens (including phenoxy) is 1. The number of aromatic nitrogens is 1. The predicted molar refractivity (Wildman–Crippen MR) is 65.4 cm³/mol. The minimum absolute atomic E-state index is 0.750. The summed E-state index contributed by atoms with van der Waals surface area (Å²) in [7, 11) is 1.69. The normalized spacial score (nSPS) is 10.4. The van der Waals surface area contributed by atoms with E-state index in [0.29, 0.717) is 0 Å². The molecule has 0 fully saturated rings. The van der Waals surface area contributed by atoms with Gasteiger partial charge in [-0.15, -0.1) is 11.3 Å². The highest BCUT2D eigenvalue weighted by atomic mass is 32.1. The van der Waals surface area contributed by atoms with Crippen LogP contribution in [0.15, 0.2) is 23.6 Å². The van der Waals surface area contributed by atoms with E-state index in [1.807, 2.05) is 19.1 Å². The van der Waals surface area contributed by atoms with Gasteiger partial charge in [0, 0.05) is 10.9 Å². The average molecular weight is 235 g/mol. The largest absolute Gasteiger partial charge is 0.496 e. The minimum atomic E-state index is 0.750. The summed E-state index contributed by atoms with van der Waals surface area (Å²) < 4.78 is 5.23. The van der Waals surface area contributed by atoms with Crippen LogP contribution in [0.1, 0.15) is 10.6 Å². The van der Waals surface area contributed by atoms with Gasteiger partial charge in [0.1, 0.15) is 17.3 Å². The van der Waals surface area contributed by atoms with Crippen LogP contribution in [-0.4, -0.2) is 12.1 Å². The molecule has 0 bridgehead atoms. The third-order valence-electron chi connectivity index (χ3n) is 2.46. The van der Waals surface area contributed by atoms with E-state index in [0.717, 1.165) is 34.1 Å². The van der Waals surface area contributed by atoms with E-state index in [1.54, 1.807) is 18.4 Å². The van der Waals surface area contributed by atoms with Gasteiger partial charge < -0.3 is 10.5 Å². The Hall–Kier alpha value is -1.39. The van der Waals surface area contributed by atoms with Crippen LogP contribution in [0.25, 0.3) is 11.3 Å². The first-order valence-electron chi connectivity index (χ1n) is 5.13. The highest BCUT2D eigenvalue weighted by molar-refractivity contribution is 7.09. The van der Waals surface area contributed by atoms with Gasteiger partial charge in [0.2, 0.25) is 0 Å². The zero-order chi connectivity index (χ0) is 11.5. The Balaban J connectivity index is 2.37. The van der Waals surface area contributed by atoms with Crippen molar-refractivity contribution in [2.24, 2.45) is 0 Å². The Bertz CT molecular complexity index is 494. The van der Waals surface area contributed by atoms with Crippen molar-refractivity contribution in [1.29, 1.82) is 0 Å². The van der Waals surface area contributed by atoms with Crippen molar-refractivity contribution in [2.45, 2.75) is 13.5 Å². The quantitative estimate of drug-likeness (QED) is 0.883. The maximum absolute atomic E-state index is 5.23. The molecule has 0 atom stereocenters. The fourth-order valence-electron chi connectivity index (χ4n) is 1.60. The molecule has 1 aromatic carbocycles. The summed E-state index contributed by atoms with van der Waals surface area (Å²) in [5.74, 6) is 0.913. The van der Waals surface area contributed by atoms with Crippen LogP contribution in [0.3, 0.4) is 0 Å². The molecule has 0 unspecified atom stereocenters. The maximum atomic E-state index is 5.23. The molecule has 16 heavy (non-hydrogen) atoms. The van der Waals surface area contributed by atoms with Gasteiger partial charge in [0.15, 0.2) is 0 Å². The van der Waals surface area contributed by atoms with Gasteiger partial charge in [-0.3, -0.25) is 0 Å². The second-order valence-corrected chi connectivity index (χ2v) is 4.50. The molecule has 0 amide bonds. The monoisotopic (exact) mass is 235 g/mol. The number of quaternary nitrogens is 1. The molecule has 4 heteroatoms. The first-order chi connectivity index (χ1) is 7.74. The zero-order valence-electron chi connectivity index (χ0n) is 9.49. The molecule has 0 spiro atoms. The molecule has 3 N–H and O–H groups in total. The standard InChI is InChI=1S/C12H14N2OS/c1-8-5-9(3-4-11(8)15-2)10-7-16-12(6-13)14-10/h3-5,7H,6,13H2,1-2H3/p+1. The van der Waals surface area contributed by atoms with Crippen molar-refractivity contribution in [3.63, 3.8) is 0 Å². The Morgan fingerprint density at radius 2 is 2.25 bits per heavy atom. The van der Waals surface area contributed by atoms with Crippen molar-refractivity contribution in [2.75, 3.05) is 7.11 Å². The second kappa shape index (κ2) is 4.63. The molecule has 0 aliphatic rings. The zero-order valence-corrected chi connectivity index (χ0v) is 10.3. The number of thiazole rings is 1. The van der Waals surface area contributed by atoms with Gasteiger partial charge in [-0.25, -0.2) is 4.98 Å². The Morgan fingerprint density at radius 1 is 1.44 bits per heavy atom. The molecule has 2 rings (SSSR count). The van der Waals surface area contributed by atoms with Crippen LogP contribution < -0.4 is 10.5 Å². The number of benzene rings is 1. The molecule has 84 valence electrons. The van der Waals surface area contributed by atoms with Crippen LogP contribution in [0.4, 0.5) is 0 Å². The molecule has 0 radical (unpaired) electrons. The minimum Gasteiger partial charge on any atom is -0.496 e. The van der Waals surface area contributed by atoms with Crippen molar-refractivity contribution in [1.82, 2.24) is 4.98 Å². The highest BCUT2D eigenvalue weighted by Crippen LogP contribution is 2.26. The van der Waals surface area contributed by atoms with E-state index >= 15 is 0 Å². The van der Waals surface area contributed by atoms with Gasteiger partial charge in [-0.2, -0.15) is 0 Å².